The Hall–Kier alpha value is -1.99. The van der Waals surface area contributed by atoms with Crippen LogP contribution in [-0.4, -0.2) is 27.9 Å². The van der Waals surface area contributed by atoms with E-state index in [-0.39, 0.29) is 6.03 Å². The van der Waals surface area contributed by atoms with Gasteiger partial charge in [-0.1, -0.05) is 23.5 Å². The molecule has 2 amide bonds. The number of nitrogens with zero attached hydrogens (tertiary/aromatic N) is 3. The lowest BCUT2D eigenvalue weighted by Crippen LogP contribution is -2.30. The number of aromatic nitrogens is 2. The van der Waals surface area contributed by atoms with Gasteiger partial charge in [-0.25, -0.2) is 14.8 Å². The molecule has 0 aliphatic rings. The first-order valence-corrected chi connectivity index (χ1v) is 7.73. The summed E-state index contributed by atoms with van der Waals surface area (Å²) in [5, 5.41) is 5.36. The van der Waals surface area contributed by atoms with Gasteiger partial charge in [0.05, 0.1) is 28.0 Å². The Kier molecular flexibility index (Phi) is 3.62. The van der Waals surface area contributed by atoms with Gasteiger partial charge in [0.1, 0.15) is 0 Å². The molecular weight excluding hydrogens is 292 g/mol. The minimum Gasteiger partial charge on any atom is -0.322 e. The number of anilines is 1. The molecule has 0 unspecified atom stereocenters. The van der Waals surface area contributed by atoms with E-state index in [9.17, 15) is 4.79 Å². The Morgan fingerprint density at radius 2 is 2.25 bits per heavy atom. The summed E-state index contributed by atoms with van der Waals surface area (Å²) in [5.74, 6) is 0. The third-order valence-corrected chi connectivity index (χ3v) is 4.32. The Morgan fingerprint density at radius 3 is 3.00 bits per heavy atom. The van der Waals surface area contributed by atoms with E-state index in [1.165, 1.54) is 22.7 Å². The van der Waals surface area contributed by atoms with Crippen molar-refractivity contribution in [3.8, 4) is 0 Å². The molecule has 0 radical (unpaired) electrons. The normalized spacial score (nSPS) is 10.7. The molecule has 0 fully saturated rings. The topological polar surface area (TPSA) is 58.1 Å². The zero-order valence-electron chi connectivity index (χ0n) is 10.7. The number of hydrogen-bond acceptors (Lipinski definition) is 5. The minimum absolute atomic E-state index is 0.183. The molecule has 0 bridgehead atoms. The van der Waals surface area contributed by atoms with Crippen LogP contribution in [0.15, 0.2) is 35.2 Å². The Labute approximate surface area is 123 Å². The Morgan fingerprint density at radius 1 is 1.40 bits per heavy atom. The summed E-state index contributed by atoms with van der Waals surface area (Å²) in [6, 6.07) is 7.63. The summed E-state index contributed by atoms with van der Waals surface area (Å²) in [6.45, 7) is 0.486. The van der Waals surface area contributed by atoms with Gasteiger partial charge in [-0.15, -0.1) is 11.3 Å². The highest BCUT2D eigenvalue weighted by atomic mass is 32.1. The Balaban J connectivity index is 1.68. The van der Waals surface area contributed by atoms with Gasteiger partial charge in [0, 0.05) is 12.4 Å². The second-order valence-corrected chi connectivity index (χ2v) is 6.00. The van der Waals surface area contributed by atoms with Crippen LogP contribution in [0.4, 0.5) is 9.93 Å². The van der Waals surface area contributed by atoms with Crippen LogP contribution >= 0.6 is 22.7 Å². The maximum Gasteiger partial charge on any atom is 0.323 e. The molecule has 0 atom stereocenters. The van der Waals surface area contributed by atoms with Crippen LogP contribution in [0, 0.1) is 0 Å². The molecular formula is C13H12N4OS2. The number of thiazole rings is 2. The first-order valence-electron chi connectivity index (χ1n) is 5.97. The molecule has 0 saturated heterocycles. The number of benzene rings is 1. The molecule has 3 aromatic rings. The van der Waals surface area contributed by atoms with Crippen LogP contribution in [-0.2, 0) is 6.54 Å². The van der Waals surface area contributed by atoms with Gasteiger partial charge in [-0.2, -0.15) is 0 Å². The second kappa shape index (κ2) is 5.56. The van der Waals surface area contributed by atoms with Crippen LogP contribution in [0.3, 0.4) is 0 Å². The number of rotatable bonds is 3. The largest absolute Gasteiger partial charge is 0.323 e. The highest BCUT2D eigenvalue weighted by molar-refractivity contribution is 7.22. The van der Waals surface area contributed by atoms with Gasteiger partial charge in [0.25, 0.3) is 0 Å². The van der Waals surface area contributed by atoms with Gasteiger partial charge in [0.15, 0.2) is 5.13 Å². The zero-order chi connectivity index (χ0) is 13.9. The monoisotopic (exact) mass is 304 g/mol. The predicted molar refractivity (Wildman–Crippen MR) is 82.2 cm³/mol. The maximum atomic E-state index is 12.1. The van der Waals surface area contributed by atoms with E-state index in [0.717, 1.165) is 15.9 Å². The molecule has 7 heteroatoms. The van der Waals surface area contributed by atoms with E-state index in [1.807, 2.05) is 29.6 Å². The van der Waals surface area contributed by atoms with E-state index in [4.69, 9.17) is 0 Å². The molecule has 0 saturated carbocycles. The fourth-order valence-corrected chi connectivity index (χ4v) is 3.15. The standard InChI is InChI=1S/C13H12N4OS2/c1-17(6-9-7-19-8-14-9)13(18)16-12-15-10-4-2-3-5-11(10)20-12/h2-5,7-8H,6H2,1H3,(H,15,16,18). The number of urea groups is 1. The number of carbonyl (C=O) groups is 1. The first kappa shape index (κ1) is 13.0. The van der Waals surface area contributed by atoms with Crippen molar-refractivity contribution in [2.45, 2.75) is 6.54 Å². The summed E-state index contributed by atoms with van der Waals surface area (Å²) in [5.41, 5.74) is 3.54. The average Bonchev–Trinajstić information content (AvgIpc) is 3.06. The lowest BCUT2D eigenvalue weighted by Gasteiger charge is -2.15. The third kappa shape index (κ3) is 2.78. The van der Waals surface area contributed by atoms with Gasteiger partial charge in [-0.05, 0) is 12.1 Å². The summed E-state index contributed by atoms with van der Waals surface area (Å²) in [6.07, 6.45) is 0. The SMILES string of the molecule is CN(Cc1cscn1)C(=O)Nc1nc2ccccc2s1. The van der Waals surface area contributed by atoms with Crippen molar-refractivity contribution in [2.24, 2.45) is 0 Å². The van der Waals surface area contributed by atoms with Crippen molar-refractivity contribution in [3.05, 3.63) is 40.8 Å². The number of para-hydroxylation sites is 1. The molecule has 2 heterocycles. The fourth-order valence-electron chi connectivity index (χ4n) is 1.74. The number of nitrogens with one attached hydrogen (secondary N) is 1. The number of fused-ring (bicyclic) bond motifs is 1. The smallest absolute Gasteiger partial charge is 0.322 e. The molecule has 102 valence electrons. The molecule has 0 aliphatic heterocycles. The Bertz CT molecular complexity index is 690. The van der Waals surface area contributed by atoms with Crippen molar-refractivity contribution < 1.29 is 4.79 Å². The van der Waals surface area contributed by atoms with E-state index >= 15 is 0 Å². The molecule has 1 N–H and O–H groups in total. The van der Waals surface area contributed by atoms with Crippen LogP contribution in [0.25, 0.3) is 10.2 Å². The number of hydrogen-bond donors (Lipinski definition) is 1. The molecule has 2 aromatic heterocycles. The van der Waals surface area contributed by atoms with Crippen LogP contribution in [0.2, 0.25) is 0 Å². The summed E-state index contributed by atoms with van der Waals surface area (Å²) in [4.78, 5) is 22.2. The molecule has 1 aromatic carbocycles. The van der Waals surface area contributed by atoms with Crippen molar-refractivity contribution in [1.82, 2.24) is 14.9 Å². The van der Waals surface area contributed by atoms with Crippen molar-refractivity contribution in [3.63, 3.8) is 0 Å². The molecule has 20 heavy (non-hydrogen) atoms. The van der Waals surface area contributed by atoms with Crippen molar-refractivity contribution >= 4 is 44.1 Å². The van der Waals surface area contributed by atoms with Gasteiger partial charge in [-0.3, -0.25) is 5.32 Å². The van der Waals surface area contributed by atoms with Gasteiger partial charge < -0.3 is 4.90 Å². The van der Waals surface area contributed by atoms with Crippen LogP contribution in [0.5, 0.6) is 0 Å². The summed E-state index contributed by atoms with van der Waals surface area (Å²) in [7, 11) is 1.74. The molecule has 0 spiro atoms. The summed E-state index contributed by atoms with van der Waals surface area (Å²) < 4.78 is 1.06. The van der Waals surface area contributed by atoms with Crippen molar-refractivity contribution in [1.29, 1.82) is 0 Å². The lowest BCUT2D eigenvalue weighted by atomic mass is 10.3. The van der Waals surface area contributed by atoms with Gasteiger partial charge in [0.2, 0.25) is 0 Å². The van der Waals surface area contributed by atoms with E-state index in [2.05, 4.69) is 15.3 Å². The summed E-state index contributed by atoms with van der Waals surface area (Å²) >= 11 is 2.99. The zero-order valence-corrected chi connectivity index (χ0v) is 12.4. The van der Waals surface area contributed by atoms with E-state index < -0.39 is 0 Å². The predicted octanol–water partition coefficient (Wildman–Crippen LogP) is 3.42. The second-order valence-electron chi connectivity index (χ2n) is 4.25. The third-order valence-electron chi connectivity index (χ3n) is 2.74. The van der Waals surface area contributed by atoms with E-state index in [1.54, 1.807) is 17.5 Å². The lowest BCUT2D eigenvalue weighted by molar-refractivity contribution is 0.220. The van der Waals surface area contributed by atoms with E-state index in [0.29, 0.717) is 11.7 Å². The molecule has 0 aliphatic carbocycles. The molecule has 5 nitrogen and oxygen atoms in total. The quantitative estimate of drug-likeness (QED) is 0.806. The molecule has 3 rings (SSSR count). The minimum atomic E-state index is -0.183. The maximum absolute atomic E-state index is 12.1. The number of carbonyl (C=O) groups excluding carboxylic acids is 1. The van der Waals surface area contributed by atoms with Gasteiger partial charge >= 0.3 is 6.03 Å². The highest BCUT2D eigenvalue weighted by Gasteiger charge is 2.12. The number of amides is 2. The first-order chi connectivity index (χ1) is 9.72. The van der Waals surface area contributed by atoms with Crippen LogP contribution in [0.1, 0.15) is 5.69 Å². The fraction of sp³-hybridized carbons (Fsp3) is 0.154. The average molecular weight is 304 g/mol. The van der Waals surface area contributed by atoms with Crippen molar-refractivity contribution in [2.75, 3.05) is 12.4 Å². The van der Waals surface area contributed by atoms with Crippen LogP contribution < -0.4 is 5.32 Å². The highest BCUT2D eigenvalue weighted by Crippen LogP contribution is 2.25.